The van der Waals surface area contributed by atoms with Gasteiger partial charge in [0.1, 0.15) is 10.0 Å². The summed E-state index contributed by atoms with van der Waals surface area (Å²) in [6.45, 7) is 1.69. The van der Waals surface area contributed by atoms with Crippen LogP contribution in [-0.4, -0.2) is 19.4 Å². The number of benzene rings is 1. The third-order valence-electron chi connectivity index (χ3n) is 1.46. The second kappa shape index (κ2) is 8.49. The third-order valence-corrected chi connectivity index (χ3v) is 3.20. The van der Waals surface area contributed by atoms with Gasteiger partial charge in [-0.2, -0.15) is 0 Å². The number of rotatable bonds is 2. The minimum absolute atomic E-state index is 0. The van der Waals surface area contributed by atoms with Crippen LogP contribution in [0.4, 0.5) is 0 Å². The third kappa shape index (κ3) is 5.28. The fourth-order valence-electron chi connectivity index (χ4n) is 0.883. The minimum atomic E-state index is -3.64. The van der Waals surface area contributed by atoms with Gasteiger partial charge in [0.25, 0.3) is 0 Å². The van der Waals surface area contributed by atoms with Crippen molar-refractivity contribution in [1.29, 1.82) is 0 Å². The molecule has 0 aliphatic carbocycles. The van der Waals surface area contributed by atoms with Crippen molar-refractivity contribution < 1.29 is 48.9 Å². The largest absolute Gasteiger partial charge is 1.00 e. The molecule has 0 radical (unpaired) electrons. The SMILES string of the molecule is Cc1ccccc1S(=O)(=O)[N-]Cl.O.O.[Na+]. The Balaban J connectivity index is -0.000000480. The molecule has 0 fully saturated rings. The molecule has 0 heterocycles. The molecule has 0 spiro atoms. The van der Waals surface area contributed by atoms with E-state index in [1.165, 1.54) is 6.07 Å². The van der Waals surface area contributed by atoms with Crippen LogP contribution in [0.1, 0.15) is 5.56 Å². The van der Waals surface area contributed by atoms with Gasteiger partial charge in [-0.3, -0.25) is 11.8 Å². The molecule has 0 aliphatic heterocycles. The Morgan fingerprint density at radius 1 is 1.20 bits per heavy atom. The van der Waals surface area contributed by atoms with E-state index in [0.717, 1.165) is 0 Å². The number of halogens is 1. The van der Waals surface area contributed by atoms with Crippen molar-refractivity contribution in [3.8, 4) is 0 Å². The smallest absolute Gasteiger partial charge is 0.458 e. The minimum Gasteiger partial charge on any atom is -0.458 e. The van der Waals surface area contributed by atoms with E-state index < -0.39 is 10.0 Å². The van der Waals surface area contributed by atoms with Gasteiger partial charge < -0.3 is 15.2 Å². The monoisotopic (exact) mass is 263 g/mol. The van der Waals surface area contributed by atoms with Crippen LogP contribution in [0.5, 0.6) is 0 Å². The van der Waals surface area contributed by atoms with E-state index in [9.17, 15) is 8.42 Å². The Hall–Kier alpha value is 0.340. The molecule has 15 heavy (non-hydrogen) atoms. The summed E-state index contributed by atoms with van der Waals surface area (Å²) in [7, 11) is -3.64. The number of hydrogen-bond acceptors (Lipinski definition) is 2. The predicted octanol–water partition coefficient (Wildman–Crippen LogP) is -2.43. The number of aryl methyl sites for hydroxylation is 1. The topological polar surface area (TPSA) is 111 Å². The summed E-state index contributed by atoms with van der Waals surface area (Å²) in [5, 5.41) is 0. The van der Waals surface area contributed by atoms with Crippen LogP contribution in [0.3, 0.4) is 0 Å². The molecule has 0 saturated carbocycles. The first-order valence-corrected chi connectivity index (χ1v) is 4.99. The molecular weight excluding hydrogens is 253 g/mol. The van der Waals surface area contributed by atoms with Crippen LogP contribution in [0.15, 0.2) is 29.2 Å². The van der Waals surface area contributed by atoms with Crippen LogP contribution in [0, 0.1) is 6.92 Å². The zero-order chi connectivity index (χ0) is 9.19. The van der Waals surface area contributed by atoms with Gasteiger partial charge in [-0.25, -0.2) is 8.42 Å². The molecule has 5 nitrogen and oxygen atoms in total. The summed E-state index contributed by atoms with van der Waals surface area (Å²) < 4.78 is 25.0. The van der Waals surface area contributed by atoms with Gasteiger partial charge in [0.05, 0.1) is 4.90 Å². The summed E-state index contributed by atoms with van der Waals surface area (Å²) in [4.78, 5) is 0.153. The first kappa shape index (κ1) is 20.7. The fourth-order valence-corrected chi connectivity index (χ4v) is 1.91. The Morgan fingerprint density at radius 3 is 2.07 bits per heavy atom. The van der Waals surface area contributed by atoms with Gasteiger partial charge in [0.2, 0.25) is 0 Å². The van der Waals surface area contributed by atoms with Crippen molar-refractivity contribution in [3.05, 3.63) is 34.1 Å². The van der Waals surface area contributed by atoms with Gasteiger partial charge in [0.15, 0.2) is 0 Å². The normalized spacial score (nSPS) is 9.20. The molecule has 1 aromatic carbocycles. The molecule has 0 amide bonds. The second-order valence-electron chi connectivity index (χ2n) is 2.31. The van der Waals surface area contributed by atoms with E-state index in [0.29, 0.717) is 5.56 Å². The van der Waals surface area contributed by atoms with E-state index in [2.05, 4.69) is 4.24 Å². The Morgan fingerprint density at radius 2 is 1.67 bits per heavy atom. The first-order chi connectivity index (χ1) is 5.58. The van der Waals surface area contributed by atoms with E-state index in [1.54, 1.807) is 25.1 Å². The number of nitrogens with zero attached hydrogens (tertiary/aromatic N) is 1. The molecule has 0 unspecified atom stereocenters. The summed E-state index contributed by atoms with van der Waals surface area (Å²) in [5.41, 5.74) is 0.641. The van der Waals surface area contributed by atoms with Crippen molar-refractivity contribution in [2.45, 2.75) is 11.8 Å². The van der Waals surface area contributed by atoms with Crippen molar-refractivity contribution in [2.24, 2.45) is 0 Å². The molecule has 0 aromatic heterocycles. The molecule has 0 aliphatic rings. The van der Waals surface area contributed by atoms with Crippen molar-refractivity contribution in [3.63, 3.8) is 0 Å². The Labute approximate surface area is 116 Å². The van der Waals surface area contributed by atoms with Gasteiger partial charge in [-0.05, 0) is 18.6 Å². The quantitative estimate of drug-likeness (QED) is 0.552. The molecule has 0 bridgehead atoms. The van der Waals surface area contributed by atoms with Crippen LogP contribution < -0.4 is 29.6 Å². The summed E-state index contributed by atoms with van der Waals surface area (Å²) in [5.74, 6) is 0. The number of hydrogen-bond donors (Lipinski definition) is 0. The van der Waals surface area contributed by atoms with E-state index in [4.69, 9.17) is 11.8 Å². The molecule has 0 atom stereocenters. The maximum Gasteiger partial charge on any atom is 1.00 e. The van der Waals surface area contributed by atoms with E-state index >= 15 is 0 Å². The van der Waals surface area contributed by atoms with E-state index in [-0.39, 0.29) is 45.4 Å². The van der Waals surface area contributed by atoms with Crippen LogP contribution in [0.2, 0.25) is 0 Å². The molecule has 8 heteroatoms. The van der Waals surface area contributed by atoms with Gasteiger partial charge in [-0.1, -0.05) is 18.2 Å². The van der Waals surface area contributed by atoms with Crippen LogP contribution in [0.25, 0.3) is 4.24 Å². The molecular formula is C7H11ClNNaO4S. The molecule has 82 valence electrons. The molecule has 0 saturated heterocycles. The van der Waals surface area contributed by atoms with Crippen LogP contribution >= 0.6 is 11.8 Å². The molecule has 1 rings (SSSR count). The summed E-state index contributed by atoms with van der Waals surface area (Å²) in [6.07, 6.45) is 0. The maximum atomic E-state index is 11.1. The van der Waals surface area contributed by atoms with E-state index in [1.807, 2.05) is 0 Å². The number of sulfonamides is 1. The average Bonchev–Trinajstić information content (AvgIpc) is 2.05. The van der Waals surface area contributed by atoms with Crippen molar-refractivity contribution >= 4 is 21.8 Å². The zero-order valence-electron chi connectivity index (χ0n) is 8.36. The Bertz CT molecular complexity index is 384. The summed E-state index contributed by atoms with van der Waals surface area (Å²) >= 11 is 4.94. The molecule has 1 aromatic rings. The van der Waals surface area contributed by atoms with Crippen molar-refractivity contribution in [2.75, 3.05) is 0 Å². The predicted molar refractivity (Wildman–Crippen MR) is 54.8 cm³/mol. The average molecular weight is 264 g/mol. The van der Waals surface area contributed by atoms with Crippen molar-refractivity contribution in [1.82, 2.24) is 0 Å². The van der Waals surface area contributed by atoms with Gasteiger partial charge in [0, 0.05) is 0 Å². The standard InChI is InChI=1S/C7H7ClNO2S.Na.2H2O/c1-6-4-2-3-5-7(6)12(10,11)9-8;;;/h2-5H,1H3;;2*1H2/q-1;+1;;. The fraction of sp³-hybridized carbons (Fsp3) is 0.143. The maximum absolute atomic E-state index is 11.1. The summed E-state index contributed by atoms with van der Waals surface area (Å²) in [6, 6.07) is 6.54. The first-order valence-electron chi connectivity index (χ1n) is 3.22. The second-order valence-corrected chi connectivity index (χ2v) is 4.25. The van der Waals surface area contributed by atoms with Crippen LogP contribution in [-0.2, 0) is 10.0 Å². The Kier molecular flexibility index (Phi) is 11.7. The van der Waals surface area contributed by atoms with Gasteiger partial charge >= 0.3 is 29.6 Å². The zero-order valence-corrected chi connectivity index (χ0v) is 11.9. The molecule has 4 N–H and O–H groups in total. The van der Waals surface area contributed by atoms with Gasteiger partial charge in [-0.15, -0.1) is 0 Å².